The van der Waals surface area contributed by atoms with Gasteiger partial charge in [-0.05, 0) is 54.3 Å². The van der Waals surface area contributed by atoms with E-state index < -0.39 is 29.9 Å². The Balaban J connectivity index is 1.63. The van der Waals surface area contributed by atoms with Crippen LogP contribution in [0, 0.1) is 6.92 Å². The number of aryl methyl sites for hydroxylation is 1. The number of carbonyl (C=O) groups is 1. The second-order valence-electron chi connectivity index (χ2n) is 8.85. The van der Waals surface area contributed by atoms with Crippen LogP contribution in [0.25, 0.3) is 34.0 Å². The summed E-state index contributed by atoms with van der Waals surface area (Å²) < 4.78 is 47.2. The maximum atomic E-state index is 14.0. The molecule has 0 aliphatic carbocycles. The zero-order chi connectivity index (χ0) is 26.8. The van der Waals surface area contributed by atoms with Crippen molar-refractivity contribution in [3.63, 3.8) is 0 Å². The molecule has 0 aliphatic rings. The minimum atomic E-state index is -4.60. The van der Waals surface area contributed by atoms with Crippen molar-refractivity contribution in [2.24, 2.45) is 0 Å². The number of nitrogens with zero attached hydrogens (tertiary/aromatic N) is 2. The van der Waals surface area contributed by atoms with Crippen molar-refractivity contribution in [2.45, 2.75) is 32.1 Å². The lowest BCUT2D eigenvalue weighted by Crippen LogP contribution is -2.52. The van der Waals surface area contributed by atoms with Gasteiger partial charge < -0.3 is 14.7 Å². The number of rotatable bonds is 8. The molecule has 1 atom stereocenters. The third kappa shape index (κ3) is 5.55. The number of aromatic nitrogens is 2. The van der Waals surface area contributed by atoms with Gasteiger partial charge >= 0.3 is 12.1 Å². The summed E-state index contributed by atoms with van der Waals surface area (Å²) in [6, 6.07) is 17.6. The molecule has 1 unspecified atom stereocenters. The van der Waals surface area contributed by atoms with Gasteiger partial charge in [0.25, 0.3) is 5.89 Å². The van der Waals surface area contributed by atoms with Crippen LogP contribution >= 0.6 is 0 Å². The molecule has 0 bridgehead atoms. The Hall–Kier alpha value is -4.02. The first-order chi connectivity index (χ1) is 17.5. The Kier molecular flexibility index (Phi) is 7.15. The highest BCUT2D eigenvalue weighted by molar-refractivity contribution is 5.78. The molecule has 0 radical (unpaired) electrons. The number of aliphatic hydroxyl groups excluding tert-OH is 1. The largest absolute Gasteiger partial charge is 0.480 e. The van der Waals surface area contributed by atoms with Gasteiger partial charge in [-0.3, -0.25) is 10.1 Å². The van der Waals surface area contributed by atoms with Gasteiger partial charge in [-0.15, -0.1) is 0 Å². The van der Waals surface area contributed by atoms with Crippen molar-refractivity contribution in [3.05, 3.63) is 83.4 Å². The van der Waals surface area contributed by atoms with E-state index in [4.69, 9.17) is 4.52 Å². The van der Waals surface area contributed by atoms with Crippen LogP contribution in [0.3, 0.4) is 0 Å². The summed E-state index contributed by atoms with van der Waals surface area (Å²) in [5.74, 6) is -1.10. The molecule has 1 heterocycles. The Labute approximate surface area is 210 Å². The average molecular weight is 512 g/mol. The zero-order valence-corrected chi connectivity index (χ0v) is 20.0. The molecule has 0 spiro atoms. The average Bonchev–Trinajstić information content (AvgIpc) is 3.37. The fourth-order valence-electron chi connectivity index (χ4n) is 3.80. The fraction of sp³-hybridized carbons (Fsp3) is 0.222. The zero-order valence-electron chi connectivity index (χ0n) is 20.0. The Bertz CT molecular complexity index is 1430. The van der Waals surface area contributed by atoms with E-state index in [1.54, 1.807) is 55.5 Å². The van der Waals surface area contributed by atoms with Crippen LogP contribution in [0.4, 0.5) is 13.2 Å². The first-order valence-corrected chi connectivity index (χ1v) is 11.3. The molecule has 3 N–H and O–H groups in total. The quantitative estimate of drug-likeness (QED) is 0.294. The van der Waals surface area contributed by atoms with Crippen LogP contribution in [-0.2, 0) is 17.5 Å². The normalized spacial score (nSPS) is 13.4. The number of carboxylic acids is 1. The first kappa shape index (κ1) is 26.1. The number of aliphatic hydroxyl groups is 1. The minimum absolute atomic E-state index is 0.0607. The Morgan fingerprint density at radius 1 is 1.00 bits per heavy atom. The lowest BCUT2D eigenvalue weighted by molar-refractivity contribution is -0.146. The highest BCUT2D eigenvalue weighted by atomic mass is 19.4. The summed E-state index contributed by atoms with van der Waals surface area (Å²) in [6.07, 6.45) is -4.60. The van der Waals surface area contributed by atoms with Gasteiger partial charge in [0.15, 0.2) is 0 Å². The van der Waals surface area contributed by atoms with E-state index >= 15 is 0 Å². The predicted molar refractivity (Wildman–Crippen MR) is 130 cm³/mol. The van der Waals surface area contributed by atoms with Gasteiger partial charge in [0.1, 0.15) is 5.54 Å². The van der Waals surface area contributed by atoms with Crippen LogP contribution in [0.15, 0.2) is 71.3 Å². The molecule has 0 amide bonds. The molecule has 0 saturated heterocycles. The number of carboxylic acid groups (broad SMARTS) is 1. The number of hydrogen-bond donors (Lipinski definition) is 3. The highest BCUT2D eigenvalue weighted by Crippen LogP contribution is 2.40. The van der Waals surface area contributed by atoms with Gasteiger partial charge in [-0.25, -0.2) is 0 Å². The molecule has 37 heavy (non-hydrogen) atoms. The molecule has 192 valence electrons. The van der Waals surface area contributed by atoms with E-state index in [-0.39, 0.29) is 29.4 Å². The van der Waals surface area contributed by atoms with Crippen LogP contribution in [0.5, 0.6) is 0 Å². The molecule has 3 aromatic carbocycles. The Morgan fingerprint density at radius 3 is 2.43 bits per heavy atom. The summed E-state index contributed by atoms with van der Waals surface area (Å²) in [6.45, 7) is 2.66. The van der Waals surface area contributed by atoms with Crippen molar-refractivity contribution >= 4 is 5.97 Å². The van der Waals surface area contributed by atoms with Crippen LogP contribution in [-0.4, -0.2) is 38.5 Å². The summed E-state index contributed by atoms with van der Waals surface area (Å²) in [5.41, 5.74) is 0.283. The number of aliphatic carboxylic acids is 1. The standard InChI is InChI=1S/C27H24F3N3O4/c1-16-6-3-4-9-20(16)21-11-10-19(13-22(21)27(28,29)30)24-32-23(33-37-24)18-8-5-7-17(12-18)14-31-26(2,15-34)25(35)36/h3-13,31,34H,14-15H2,1-2H3,(H,35,36). The van der Waals surface area contributed by atoms with Gasteiger partial charge in [-0.2, -0.15) is 18.2 Å². The topological polar surface area (TPSA) is 108 Å². The Morgan fingerprint density at radius 2 is 1.76 bits per heavy atom. The smallest absolute Gasteiger partial charge is 0.417 e. The molecule has 0 fully saturated rings. The van der Waals surface area contributed by atoms with E-state index in [9.17, 15) is 28.2 Å². The van der Waals surface area contributed by atoms with Crippen molar-refractivity contribution in [2.75, 3.05) is 6.61 Å². The molecule has 4 rings (SSSR count). The number of benzene rings is 3. The molecule has 7 nitrogen and oxygen atoms in total. The minimum Gasteiger partial charge on any atom is -0.480 e. The maximum Gasteiger partial charge on any atom is 0.417 e. The third-order valence-corrected chi connectivity index (χ3v) is 6.09. The number of nitrogens with one attached hydrogen (secondary N) is 1. The summed E-state index contributed by atoms with van der Waals surface area (Å²) in [7, 11) is 0. The second-order valence-corrected chi connectivity index (χ2v) is 8.85. The SMILES string of the molecule is Cc1ccccc1-c1ccc(-c2nc(-c3cccc(CNC(C)(CO)C(=O)O)c3)no2)cc1C(F)(F)F. The first-order valence-electron chi connectivity index (χ1n) is 11.3. The van der Waals surface area contributed by atoms with Crippen molar-refractivity contribution < 1.29 is 32.7 Å². The van der Waals surface area contributed by atoms with E-state index in [1.165, 1.54) is 19.1 Å². The van der Waals surface area contributed by atoms with Gasteiger partial charge in [0.05, 0.1) is 12.2 Å². The number of hydrogen-bond acceptors (Lipinski definition) is 6. The van der Waals surface area contributed by atoms with Gasteiger partial charge in [0, 0.05) is 17.7 Å². The van der Waals surface area contributed by atoms with E-state index in [0.717, 1.165) is 11.6 Å². The monoisotopic (exact) mass is 511 g/mol. The molecular weight excluding hydrogens is 487 g/mol. The lowest BCUT2D eigenvalue weighted by Gasteiger charge is -2.23. The number of alkyl halides is 3. The molecule has 10 heteroatoms. The van der Waals surface area contributed by atoms with E-state index in [1.807, 2.05) is 0 Å². The predicted octanol–water partition coefficient (Wildman–Crippen LogP) is 5.32. The van der Waals surface area contributed by atoms with E-state index in [0.29, 0.717) is 16.7 Å². The van der Waals surface area contributed by atoms with Gasteiger partial charge in [-0.1, -0.05) is 53.7 Å². The summed E-state index contributed by atoms with van der Waals surface area (Å²) >= 11 is 0. The van der Waals surface area contributed by atoms with Crippen molar-refractivity contribution in [3.8, 4) is 34.0 Å². The molecular formula is C27H24F3N3O4. The van der Waals surface area contributed by atoms with Gasteiger partial charge in [0.2, 0.25) is 5.82 Å². The van der Waals surface area contributed by atoms with Crippen LogP contribution in [0.1, 0.15) is 23.6 Å². The fourth-order valence-corrected chi connectivity index (χ4v) is 3.80. The highest BCUT2D eigenvalue weighted by Gasteiger charge is 2.35. The second kappa shape index (κ2) is 10.2. The van der Waals surface area contributed by atoms with Crippen molar-refractivity contribution in [1.82, 2.24) is 15.5 Å². The lowest BCUT2D eigenvalue weighted by atomic mass is 9.94. The summed E-state index contributed by atoms with van der Waals surface area (Å²) in [4.78, 5) is 15.7. The molecule has 1 aromatic heterocycles. The molecule has 0 saturated carbocycles. The van der Waals surface area contributed by atoms with Crippen LogP contribution < -0.4 is 5.32 Å². The molecule has 0 aliphatic heterocycles. The maximum absolute atomic E-state index is 14.0. The number of halogens is 3. The van der Waals surface area contributed by atoms with Crippen molar-refractivity contribution in [1.29, 1.82) is 0 Å². The van der Waals surface area contributed by atoms with E-state index in [2.05, 4.69) is 15.5 Å². The van der Waals surface area contributed by atoms with Crippen LogP contribution in [0.2, 0.25) is 0 Å². The molecule has 4 aromatic rings. The summed E-state index contributed by atoms with van der Waals surface area (Å²) in [5, 5.41) is 25.4. The third-order valence-electron chi connectivity index (χ3n) is 6.09.